The van der Waals surface area contributed by atoms with E-state index in [-0.39, 0.29) is 11.7 Å². The van der Waals surface area contributed by atoms with Gasteiger partial charge in [0, 0.05) is 24.5 Å². The highest BCUT2D eigenvalue weighted by atomic mass is 32.2. The molecule has 0 atom stereocenters. The monoisotopic (exact) mass is 486 g/mol. The van der Waals surface area contributed by atoms with E-state index in [1.807, 2.05) is 47.2 Å². The number of morpholine rings is 1. The summed E-state index contributed by atoms with van der Waals surface area (Å²) < 4.78 is 7.42. The molecular weight excluding hydrogens is 460 g/mol. The molecule has 4 rings (SSSR count). The van der Waals surface area contributed by atoms with Crippen LogP contribution in [0.5, 0.6) is 0 Å². The maximum atomic E-state index is 12.4. The number of carbonyl (C=O) groups is 2. The van der Waals surface area contributed by atoms with Crippen molar-refractivity contribution in [3.63, 3.8) is 0 Å². The highest BCUT2D eigenvalue weighted by Crippen LogP contribution is 2.27. The number of thiophene rings is 1. The number of amides is 3. The second-order valence-electron chi connectivity index (χ2n) is 7.48. The molecule has 3 heterocycles. The van der Waals surface area contributed by atoms with E-state index in [1.165, 1.54) is 16.6 Å². The molecule has 0 saturated carbocycles. The molecule has 1 saturated heterocycles. The molecule has 0 aliphatic carbocycles. The Hall–Kier alpha value is -2.89. The van der Waals surface area contributed by atoms with Crippen LogP contribution < -0.4 is 15.5 Å². The second-order valence-corrected chi connectivity index (χ2v) is 9.45. The van der Waals surface area contributed by atoms with E-state index >= 15 is 0 Å². The van der Waals surface area contributed by atoms with E-state index in [4.69, 9.17) is 4.74 Å². The van der Waals surface area contributed by atoms with Gasteiger partial charge in [0.1, 0.15) is 0 Å². The minimum Gasteiger partial charge on any atom is -0.378 e. The predicted octanol–water partition coefficient (Wildman–Crippen LogP) is 2.63. The maximum absolute atomic E-state index is 12.4. The normalized spacial score (nSPS) is 13.7. The molecular formula is C22H26N6O3S2. The molecule has 1 aliphatic heterocycles. The number of carbonyl (C=O) groups excluding carboxylic acids is 2. The van der Waals surface area contributed by atoms with Gasteiger partial charge in [0.15, 0.2) is 5.16 Å². The van der Waals surface area contributed by atoms with Crippen LogP contribution in [0.1, 0.15) is 10.4 Å². The number of nitrogens with zero attached hydrogens (tertiary/aromatic N) is 4. The molecule has 2 aromatic heterocycles. The van der Waals surface area contributed by atoms with Crippen molar-refractivity contribution in [1.82, 2.24) is 25.4 Å². The Morgan fingerprint density at radius 3 is 2.79 bits per heavy atom. The van der Waals surface area contributed by atoms with Crippen LogP contribution in [0.25, 0.3) is 5.69 Å². The summed E-state index contributed by atoms with van der Waals surface area (Å²) in [6.45, 7) is 5.21. The van der Waals surface area contributed by atoms with Gasteiger partial charge in [-0.15, -0.1) is 21.5 Å². The quantitative estimate of drug-likeness (QED) is 0.472. The molecule has 9 nitrogen and oxygen atoms in total. The van der Waals surface area contributed by atoms with E-state index in [0.29, 0.717) is 24.9 Å². The number of hydrogen-bond acceptors (Lipinski definition) is 8. The first-order valence-corrected chi connectivity index (χ1v) is 12.5. The van der Waals surface area contributed by atoms with Crippen molar-refractivity contribution < 1.29 is 14.3 Å². The van der Waals surface area contributed by atoms with E-state index in [2.05, 4.69) is 31.8 Å². The van der Waals surface area contributed by atoms with Gasteiger partial charge in [0.2, 0.25) is 11.9 Å². The number of benzene rings is 1. The van der Waals surface area contributed by atoms with Crippen molar-refractivity contribution in [3.8, 4) is 5.69 Å². The standard InChI is InChI=1S/C22H26N6O3S2/c1-16-4-2-5-17(14-16)28-21(27-9-11-31-12-10-27)25-26-22(28)33-15-19(29)24-20(30)23-8-7-18-6-3-13-32-18/h2-6,13-14H,7-12,15H2,1H3,(H2,23,24,29,30). The Morgan fingerprint density at radius 1 is 1.18 bits per heavy atom. The van der Waals surface area contributed by atoms with Crippen molar-refractivity contribution in [3.05, 3.63) is 52.2 Å². The Balaban J connectivity index is 1.38. The fourth-order valence-corrected chi connectivity index (χ4v) is 4.86. The number of ether oxygens (including phenoxy) is 1. The first-order valence-electron chi connectivity index (χ1n) is 10.7. The van der Waals surface area contributed by atoms with E-state index in [1.54, 1.807) is 11.3 Å². The summed E-state index contributed by atoms with van der Waals surface area (Å²) in [6, 6.07) is 11.5. The minimum absolute atomic E-state index is 0.0470. The molecule has 1 aliphatic rings. The second kappa shape index (κ2) is 11.3. The number of aromatic nitrogens is 3. The van der Waals surface area contributed by atoms with Gasteiger partial charge in [-0.3, -0.25) is 14.7 Å². The van der Waals surface area contributed by atoms with Crippen molar-refractivity contribution >= 4 is 41.0 Å². The Morgan fingerprint density at radius 2 is 2.03 bits per heavy atom. The molecule has 11 heteroatoms. The molecule has 0 spiro atoms. The summed E-state index contributed by atoms with van der Waals surface area (Å²) in [5.74, 6) is 0.379. The smallest absolute Gasteiger partial charge is 0.321 e. The van der Waals surface area contributed by atoms with Gasteiger partial charge in [-0.1, -0.05) is 30.0 Å². The largest absolute Gasteiger partial charge is 0.378 e. The lowest BCUT2D eigenvalue weighted by atomic mass is 10.2. The van der Waals surface area contributed by atoms with Crippen LogP contribution in [0.4, 0.5) is 10.7 Å². The average molecular weight is 487 g/mol. The summed E-state index contributed by atoms with van der Waals surface area (Å²) in [4.78, 5) is 27.7. The van der Waals surface area contributed by atoms with Gasteiger partial charge in [0.05, 0.1) is 24.7 Å². The lowest BCUT2D eigenvalue weighted by Crippen LogP contribution is -2.41. The minimum atomic E-state index is -0.494. The first kappa shape index (κ1) is 23.3. The van der Waals surface area contributed by atoms with Gasteiger partial charge >= 0.3 is 6.03 Å². The van der Waals surface area contributed by atoms with Crippen LogP contribution in [-0.2, 0) is 16.0 Å². The molecule has 2 N–H and O–H groups in total. The van der Waals surface area contributed by atoms with Gasteiger partial charge < -0.3 is 15.0 Å². The first-order chi connectivity index (χ1) is 16.1. The number of anilines is 1. The van der Waals surface area contributed by atoms with E-state index < -0.39 is 6.03 Å². The van der Waals surface area contributed by atoms with Gasteiger partial charge in [-0.2, -0.15) is 0 Å². The number of hydrogen-bond donors (Lipinski definition) is 2. The highest BCUT2D eigenvalue weighted by molar-refractivity contribution is 7.99. The topological polar surface area (TPSA) is 101 Å². The van der Waals surface area contributed by atoms with Crippen LogP contribution in [0.2, 0.25) is 0 Å². The van der Waals surface area contributed by atoms with Crippen LogP contribution in [0, 0.1) is 6.92 Å². The lowest BCUT2D eigenvalue weighted by molar-refractivity contribution is -0.117. The summed E-state index contributed by atoms with van der Waals surface area (Å²) in [7, 11) is 0. The predicted molar refractivity (Wildman–Crippen MR) is 129 cm³/mol. The summed E-state index contributed by atoms with van der Waals surface area (Å²) in [6.07, 6.45) is 0.734. The number of thioether (sulfide) groups is 1. The molecule has 0 radical (unpaired) electrons. The molecule has 1 aromatic carbocycles. The number of nitrogens with one attached hydrogen (secondary N) is 2. The van der Waals surface area contributed by atoms with E-state index in [9.17, 15) is 9.59 Å². The summed E-state index contributed by atoms with van der Waals surface area (Å²) in [5, 5.41) is 16.4. The molecule has 3 amide bonds. The molecule has 3 aromatic rings. The van der Waals surface area contributed by atoms with E-state index in [0.717, 1.165) is 36.7 Å². The zero-order chi connectivity index (χ0) is 23.0. The maximum Gasteiger partial charge on any atom is 0.321 e. The third-order valence-electron chi connectivity index (χ3n) is 4.99. The molecule has 1 fully saturated rings. The molecule has 0 bridgehead atoms. The number of aryl methyl sites for hydroxylation is 1. The number of imide groups is 1. The van der Waals surface area contributed by atoms with Gasteiger partial charge in [0.25, 0.3) is 0 Å². The average Bonchev–Trinajstić information content (AvgIpc) is 3.48. The molecule has 0 unspecified atom stereocenters. The zero-order valence-electron chi connectivity index (χ0n) is 18.3. The van der Waals surface area contributed by atoms with Crippen LogP contribution >= 0.6 is 23.1 Å². The third-order valence-corrected chi connectivity index (χ3v) is 6.86. The fraction of sp³-hybridized carbons (Fsp3) is 0.364. The zero-order valence-corrected chi connectivity index (χ0v) is 20.0. The van der Waals surface area contributed by atoms with Crippen LogP contribution in [0.15, 0.2) is 46.9 Å². The molecule has 33 heavy (non-hydrogen) atoms. The highest BCUT2D eigenvalue weighted by Gasteiger charge is 2.22. The third kappa shape index (κ3) is 6.34. The van der Waals surface area contributed by atoms with Crippen LogP contribution in [-0.4, -0.2) is 65.3 Å². The fourth-order valence-electron chi connectivity index (χ4n) is 3.41. The van der Waals surface area contributed by atoms with Crippen molar-refractivity contribution in [1.29, 1.82) is 0 Å². The van der Waals surface area contributed by atoms with Gasteiger partial charge in [-0.05, 0) is 42.5 Å². The van der Waals surface area contributed by atoms with Crippen molar-refractivity contribution in [2.24, 2.45) is 0 Å². The number of rotatable bonds is 8. The summed E-state index contributed by atoms with van der Waals surface area (Å²) in [5.41, 5.74) is 2.04. The van der Waals surface area contributed by atoms with Crippen molar-refractivity contribution in [2.45, 2.75) is 18.5 Å². The Kier molecular flexibility index (Phi) is 7.97. The van der Waals surface area contributed by atoms with Crippen molar-refractivity contribution in [2.75, 3.05) is 43.5 Å². The van der Waals surface area contributed by atoms with Crippen LogP contribution in [0.3, 0.4) is 0 Å². The molecule has 174 valence electrons. The SMILES string of the molecule is Cc1cccc(-n2c(SCC(=O)NC(=O)NCCc3cccs3)nnc2N2CCOCC2)c1. The Labute approximate surface area is 200 Å². The van der Waals surface area contributed by atoms with Gasteiger partial charge in [-0.25, -0.2) is 4.79 Å². The Bertz CT molecular complexity index is 1080. The summed E-state index contributed by atoms with van der Waals surface area (Å²) >= 11 is 2.88. The lowest BCUT2D eigenvalue weighted by Gasteiger charge is -2.28. The number of urea groups is 1.